The van der Waals surface area contributed by atoms with Crippen molar-refractivity contribution in [2.45, 2.75) is 12.6 Å². The maximum atomic E-state index is 13.1. The van der Waals surface area contributed by atoms with Crippen LogP contribution in [0.2, 0.25) is 0 Å². The summed E-state index contributed by atoms with van der Waals surface area (Å²) >= 11 is 0. The maximum absolute atomic E-state index is 13.1. The zero-order chi connectivity index (χ0) is 13.8. The highest BCUT2D eigenvalue weighted by atomic mass is 19.2. The van der Waals surface area contributed by atoms with Crippen LogP contribution < -0.4 is 5.32 Å². The van der Waals surface area contributed by atoms with Crippen LogP contribution in [0.3, 0.4) is 0 Å². The Morgan fingerprint density at radius 1 is 1.21 bits per heavy atom. The van der Waals surface area contributed by atoms with E-state index in [1.807, 2.05) is 0 Å². The van der Waals surface area contributed by atoms with Gasteiger partial charge < -0.3 is 14.8 Å². The Morgan fingerprint density at radius 3 is 2.42 bits per heavy atom. The summed E-state index contributed by atoms with van der Waals surface area (Å²) in [6.07, 6.45) is 1.49. The highest BCUT2D eigenvalue weighted by Gasteiger charge is 2.16. The van der Waals surface area contributed by atoms with Gasteiger partial charge in [0.2, 0.25) is 0 Å². The van der Waals surface area contributed by atoms with Crippen molar-refractivity contribution in [2.24, 2.45) is 0 Å². The molecule has 0 radical (unpaired) electrons. The highest BCUT2D eigenvalue weighted by molar-refractivity contribution is 5.23. The van der Waals surface area contributed by atoms with Crippen molar-refractivity contribution >= 4 is 0 Å². The standard InChI is InChI=1S/C13H12F3NO2/c14-10-4-8(5-11(15)13(10)16)12(7-18)17-6-9-2-1-3-19-9/h1-5,12,17-18H,6-7H2. The molecule has 0 saturated carbocycles. The number of benzene rings is 1. The van der Waals surface area contributed by atoms with Gasteiger partial charge in [-0.05, 0) is 29.8 Å². The predicted octanol–water partition coefficient (Wildman–Crippen LogP) is 2.52. The molecule has 102 valence electrons. The van der Waals surface area contributed by atoms with Crippen LogP contribution in [0.5, 0.6) is 0 Å². The zero-order valence-electron chi connectivity index (χ0n) is 9.87. The third-order valence-electron chi connectivity index (χ3n) is 2.69. The van der Waals surface area contributed by atoms with E-state index in [0.29, 0.717) is 5.76 Å². The van der Waals surface area contributed by atoms with Crippen molar-refractivity contribution in [3.05, 3.63) is 59.3 Å². The second-order valence-corrected chi connectivity index (χ2v) is 3.99. The summed E-state index contributed by atoms with van der Waals surface area (Å²) in [7, 11) is 0. The Morgan fingerprint density at radius 2 is 1.89 bits per heavy atom. The van der Waals surface area contributed by atoms with E-state index < -0.39 is 23.5 Å². The minimum atomic E-state index is -1.52. The van der Waals surface area contributed by atoms with Crippen LogP contribution in [0, 0.1) is 17.5 Å². The average molecular weight is 271 g/mol. The number of hydrogen-bond acceptors (Lipinski definition) is 3. The first-order chi connectivity index (χ1) is 9.11. The van der Waals surface area contributed by atoms with Gasteiger partial charge in [0, 0.05) is 0 Å². The quantitative estimate of drug-likeness (QED) is 0.821. The van der Waals surface area contributed by atoms with Crippen molar-refractivity contribution < 1.29 is 22.7 Å². The summed E-state index contributed by atoms with van der Waals surface area (Å²) in [6, 6.07) is 4.41. The third-order valence-corrected chi connectivity index (χ3v) is 2.69. The fraction of sp³-hybridized carbons (Fsp3) is 0.231. The lowest BCUT2D eigenvalue weighted by Gasteiger charge is -2.16. The fourth-order valence-corrected chi connectivity index (χ4v) is 1.70. The van der Waals surface area contributed by atoms with E-state index in [2.05, 4.69) is 5.32 Å². The molecule has 1 unspecified atom stereocenters. The number of nitrogens with one attached hydrogen (secondary N) is 1. The van der Waals surface area contributed by atoms with Crippen LogP contribution >= 0.6 is 0 Å². The lowest BCUT2D eigenvalue weighted by molar-refractivity contribution is 0.240. The molecule has 1 heterocycles. The molecule has 1 atom stereocenters. The van der Waals surface area contributed by atoms with Gasteiger partial charge in [0.05, 0.1) is 25.5 Å². The minimum Gasteiger partial charge on any atom is -0.468 e. The van der Waals surface area contributed by atoms with Crippen molar-refractivity contribution in [3.63, 3.8) is 0 Å². The molecule has 2 N–H and O–H groups in total. The van der Waals surface area contributed by atoms with Crippen LogP contribution in [0.1, 0.15) is 17.4 Å². The van der Waals surface area contributed by atoms with Crippen molar-refractivity contribution in [1.29, 1.82) is 0 Å². The number of aliphatic hydroxyl groups excluding tert-OH is 1. The first-order valence-corrected chi connectivity index (χ1v) is 5.63. The van der Waals surface area contributed by atoms with E-state index in [4.69, 9.17) is 4.42 Å². The number of halogens is 3. The Bertz CT molecular complexity index is 520. The first-order valence-electron chi connectivity index (χ1n) is 5.63. The molecule has 0 amide bonds. The molecular formula is C13H12F3NO2. The van der Waals surface area contributed by atoms with Gasteiger partial charge >= 0.3 is 0 Å². The van der Waals surface area contributed by atoms with E-state index in [0.717, 1.165) is 12.1 Å². The topological polar surface area (TPSA) is 45.4 Å². The van der Waals surface area contributed by atoms with E-state index >= 15 is 0 Å². The van der Waals surface area contributed by atoms with E-state index in [1.54, 1.807) is 12.1 Å². The van der Waals surface area contributed by atoms with Gasteiger partial charge in [0.25, 0.3) is 0 Å². The highest BCUT2D eigenvalue weighted by Crippen LogP contribution is 2.19. The number of rotatable bonds is 5. The van der Waals surface area contributed by atoms with Gasteiger partial charge in [0.1, 0.15) is 5.76 Å². The van der Waals surface area contributed by atoms with Gasteiger partial charge in [-0.1, -0.05) is 0 Å². The van der Waals surface area contributed by atoms with Crippen molar-refractivity contribution in [3.8, 4) is 0 Å². The summed E-state index contributed by atoms with van der Waals surface area (Å²) < 4.78 is 44.1. The second kappa shape index (κ2) is 5.90. The molecule has 0 aliphatic carbocycles. The van der Waals surface area contributed by atoms with E-state index in [9.17, 15) is 18.3 Å². The molecule has 0 bridgehead atoms. The molecule has 2 aromatic rings. The van der Waals surface area contributed by atoms with Gasteiger partial charge in [-0.15, -0.1) is 0 Å². The Kier molecular flexibility index (Phi) is 4.24. The van der Waals surface area contributed by atoms with Gasteiger partial charge in [0.15, 0.2) is 17.5 Å². The second-order valence-electron chi connectivity index (χ2n) is 3.99. The Labute approximate surface area is 107 Å². The molecule has 3 nitrogen and oxygen atoms in total. The van der Waals surface area contributed by atoms with E-state index in [-0.39, 0.29) is 18.7 Å². The molecule has 1 aromatic carbocycles. The zero-order valence-corrected chi connectivity index (χ0v) is 9.87. The van der Waals surface area contributed by atoms with Gasteiger partial charge in [-0.2, -0.15) is 0 Å². The summed E-state index contributed by atoms with van der Waals surface area (Å²) in [5.41, 5.74) is 0.130. The third kappa shape index (κ3) is 3.15. The molecule has 6 heteroatoms. The fourth-order valence-electron chi connectivity index (χ4n) is 1.70. The van der Waals surface area contributed by atoms with Crippen LogP contribution in [0.4, 0.5) is 13.2 Å². The monoisotopic (exact) mass is 271 g/mol. The summed E-state index contributed by atoms with van der Waals surface area (Å²) in [5.74, 6) is -3.48. The number of hydrogen-bond donors (Lipinski definition) is 2. The van der Waals surface area contributed by atoms with E-state index in [1.165, 1.54) is 6.26 Å². The minimum absolute atomic E-state index is 0.130. The van der Waals surface area contributed by atoms with Crippen molar-refractivity contribution in [2.75, 3.05) is 6.61 Å². The average Bonchev–Trinajstić information content (AvgIpc) is 2.89. The SMILES string of the molecule is OCC(NCc1ccco1)c1cc(F)c(F)c(F)c1. The summed E-state index contributed by atoms with van der Waals surface area (Å²) in [4.78, 5) is 0. The number of furan rings is 1. The normalized spacial score (nSPS) is 12.6. The molecular weight excluding hydrogens is 259 g/mol. The lowest BCUT2D eigenvalue weighted by Crippen LogP contribution is -2.24. The molecule has 0 saturated heterocycles. The van der Waals surface area contributed by atoms with Crippen molar-refractivity contribution in [1.82, 2.24) is 5.32 Å². The maximum Gasteiger partial charge on any atom is 0.194 e. The molecule has 19 heavy (non-hydrogen) atoms. The predicted molar refractivity (Wildman–Crippen MR) is 61.7 cm³/mol. The molecule has 0 spiro atoms. The van der Waals surface area contributed by atoms with Crippen LogP contribution in [-0.4, -0.2) is 11.7 Å². The summed E-state index contributed by atoms with van der Waals surface area (Å²) in [5, 5.41) is 12.1. The largest absolute Gasteiger partial charge is 0.468 e. The molecule has 0 aliphatic heterocycles. The first kappa shape index (κ1) is 13.6. The molecule has 0 fully saturated rings. The van der Waals surface area contributed by atoms with Gasteiger partial charge in [-0.25, -0.2) is 13.2 Å². The Hall–Kier alpha value is -1.79. The Balaban J connectivity index is 2.13. The lowest BCUT2D eigenvalue weighted by atomic mass is 10.1. The van der Waals surface area contributed by atoms with Crippen LogP contribution in [0.15, 0.2) is 34.9 Å². The summed E-state index contributed by atoms with van der Waals surface area (Å²) in [6.45, 7) is -0.107. The number of aliphatic hydroxyl groups is 1. The van der Waals surface area contributed by atoms with Gasteiger partial charge in [-0.3, -0.25) is 0 Å². The van der Waals surface area contributed by atoms with Crippen LogP contribution in [-0.2, 0) is 6.54 Å². The molecule has 2 rings (SSSR count). The van der Waals surface area contributed by atoms with Crippen LogP contribution in [0.25, 0.3) is 0 Å². The molecule has 0 aliphatic rings. The smallest absolute Gasteiger partial charge is 0.194 e. The molecule has 1 aromatic heterocycles.